The molecule has 1 unspecified atom stereocenters. The van der Waals surface area contributed by atoms with Gasteiger partial charge in [0.15, 0.2) is 0 Å². The molecule has 1 aliphatic rings. The van der Waals surface area contributed by atoms with E-state index in [4.69, 9.17) is 4.52 Å². The Labute approximate surface area is 132 Å². The van der Waals surface area contributed by atoms with Crippen LogP contribution in [0.3, 0.4) is 0 Å². The maximum Gasteiger partial charge on any atom is 0.248 e. The first kappa shape index (κ1) is 12.7. The normalized spacial score (nSPS) is 18.1. The van der Waals surface area contributed by atoms with Gasteiger partial charge in [-0.15, -0.1) is 22.7 Å². The van der Waals surface area contributed by atoms with E-state index < -0.39 is 0 Å². The lowest BCUT2D eigenvalue weighted by Crippen LogP contribution is -2.29. The van der Waals surface area contributed by atoms with Gasteiger partial charge in [-0.1, -0.05) is 5.16 Å². The molecule has 0 aliphatic carbocycles. The van der Waals surface area contributed by atoms with E-state index in [1.807, 2.05) is 11.4 Å². The van der Waals surface area contributed by atoms with Gasteiger partial charge >= 0.3 is 0 Å². The van der Waals surface area contributed by atoms with Crippen LogP contribution in [0.2, 0.25) is 0 Å². The lowest BCUT2D eigenvalue weighted by atomic mass is 10.0. The second-order valence-electron chi connectivity index (χ2n) is 4.52. The molecule has 7 heteroatoms. The molecule has 102 valence electrons. The molecule has 0 saturated heterocycles. The largest absolute Gasteiger partial charge is 0.337 e. The zero-order chi connectivity index (χ0) is 13.5. The quantitative estimate of drug-likeness (QED) is 0.746. The van der Waals surface area contributed by atoms with Crippen LogP contribution in [0, 0.1) is 0 Å². The fraction of sp³-hybridized carbons (Fsp3) is 0.231. The van der Waals surface area contributed by atoms with Crippen LogP contribution in [0.5, 0.6) is 0 Å². The summed E-state index contributed by atoms with van der Waals surface area (Å²) in [5.41, 5.74) is 1.27. The molecule has 0 fully saturated rings. The van der Waals surface area contributed by atoms with Crippen molar-refractivity contribution in [3.05, 3.63) is 43.7 Å². The molecule has 20 heavy (non-hydrogen) atoms. The van der Waals surface area contributed by atoms with Gasteiger partial charge in [0.05, 0.1) is 4.88 Å². The van der Waals surface area contributed by atoms with Crippen molar-refractivity contribution in [1.82, 2.24) is 15.5 Å². The summed E-state index contributed by atoms with van der Waals surface area (Å²) >= 11 is 6.84. The second kappa shape index (κ2) is 5.07. The van der Waals surface area contributed by atoms with Gasteiger partial charge in [-0.2, -0.15) is 4.98 Å². The number of aromatic nitrogens is 2. The monoisotopic (exact) mass is 367 g/mol. The van der Waals surface area contributed by atoms with E-state index in [0.717, 1.165) is 22.3 Å². The predicted molar refractivity (Wildman–Crippen MR) is 83.2 cm³/mol. The molecule has 0 bridgehead atoms. The van der Waals surface area contributed by atoms with E-state index >= 15 is 0 Å². The Morgan fingerprint density at radius 2 is 2.35 bits per heavy atom. The molecule has 3 aromatic heterocycles. The number of halogens is 1. The van der Waals surface area contributed by atoms with Crippen molar-refractivity contribution < 1.29 is 4.52 Å². The summed E-state index contributed by atoms with van der Waals surface area (Å²) in [5, 5.41) is 11.7. The third-order valence-electron chi connectivity index (χ3n) is 3.27. The van der Waals surface area contributed by atoms with Crippen molar-refractivity contribution in [1.29, 1.82) is 0 Å². The van der Waals surface area contributed by atoms with Crippen molar-refractivity contribution in [3.8, 4) is 10.7 Å². The van der Waals surface area contributed by atoms with Crippen LogP contribution < -0.4 is 5.32 Å². The first-order valence-electron chi connectivity index (χ1n) is 6.19. The lowest BCUT2D eigenvalue weighted by Gasteiger charge is -2.20. The Morgan fingerprint density at radius 3 is 3.20 bits per heavy atom. The van der Waals surface area contributed by atoms with Crippen LogP contribution in [0.4, 0.5) is 0 Å². The van der Waals surface area contributed by atoms with E-state index in [2.05, 4.69) is 42.8 Å². The molecule has 1 aliphatic heterocycles. The molecular weight excluding hydrogens is 358 g/mol. The minimum absolute atomic E-state index is 0.0228. The Hall–Kier alpha value is -1.02. The molecular formula is C13H10BrN3OS2. The van der Waals surface area contributed by atoms with Crippen LogP contribution >= 0.6 is 38.6 Å². The number of nitrogens with zero attached hydrogens (tertiary/aromatic N) is 2. The van der Waals surface area contributed by atoms with Gasteiger partial charge in [0.1, 0.15) is 6.04 Å². The highest BCUT2D eigenvalue weighted by molar-refractivity contribution is 9.10. The van der Waals surface area contributed by atoms with Crippen LogP contribution in [0.15, 0.2) is 31.9 Å². The number of hydrogen-bond acceptors (Lipinski definition) is 6. The summed E-state index contributed by atoms with van der Waals surface area (Å²) in [6, 6.07) is 4.17. The van der Waals surface area contributed by atoms with Crippen LogP contribution in [0.25, 0.3) is 10.7 Å². The maximum atomic E-state index is 5.47. The highest BCUT2D eigenvalue weighted by atomic mass is 79.9. The zero-order valence-corrected chi connectivity index (χ0v) is 13.5. The van der Waals surface area contributed by atoms with E-state index in [1.54, 1.807) is 22.7 Å². The molecule has 0 radical (unpaired) electrons. The number of thiophene rings is 2. The number of hydrogen-bond donors (Lipinski definition) is 1. The predicted octanol–water partition coefficient (Wildman–Crippen LogP) is 3.86. The first-order valence-corrected chi connectivity index (χ1v) is 8.74. The minimum atomic E-state index is 0.0228. The molecule has 4 rings (SSSR count). The zero-order valence-electron chi connectivity index (χ0n) is 10.3. The molecule has 3 aromatic rings. The van der Waals surface area contributed by atoms with E-state index in [9.17, 15) is 0 Å². The van der Waals surface area contributed by atoms with Gasteiger partial charge in [0.25, 0.3) is 0 Å². The fourth-order valence-corrected chi connectivity index (χ4v) is 4.63. The van der Waals surface area contributed by atoms with Crippen LogP contribution in [-0.2, 0) is 6.42 Å². The molecule has 0 aromatic carbocycles. The molecule has 4 heterocycles. The Balaban J connectivity index is 1.70. The molecule has 0 saturated carbocycles. The lowest BCUT2D eigenvalue weighted by molar-refractivity contribution is 0.344. The van der Waals surface area contributed by atoms with Crippen LogP contribution in [-0.4, -0.2) is 16.7 Å². The van der Waals surface area contributed by atoms with Crippen molar-refractivity contribution in [2.45, 2.75) is 12.5 Å². The Morgan fingerprint density at radius 1 is 1.40 bits per heavy atom. The van der Waals surface area contributed by atoms with Gasteiger partial charge in [-0.25, -0.2) is 0 Å². The Bertz CT molecular complexity index is 748. The first-order chi connectivity index (χ1) is 9.81. The summed E-state index contributed by atoms with van der Waals surface area (Å²) in [6.45, 7) is 0.945. The second-order valence-corrected chi connectivity index (χ2v) is 7.35. The molecule has 0 spiro atoms. The van der Waals surface area contributed by atoms with Crippen molar-refractivity contribution in [3.63, 3.8) is 0 Å². The average Bonchev–Trinajstić information content (AvgIpc) is 3.17. The van der Waals surface area contributed by atoms with Gasteiger partial charge in [-0.3, -0.25) is 0 Å². The summed E-state index contributed by atoms with van der Waals surface area (Å²) in [5.74, 6) is 1.30. The van der Waals surface area contributed by atoms with Crippen molar-refractivity contribution >= 4 is 38.6 Å². The standard InChI is InChI=1S/C13H10BrN3OS2/c14-7-5-10(20-6-7)12-16-13(18-17-12)11-8-2-4-19-9(8)1-3-15-11/h2,4-6,11,15H,1,3H2. The fourth-order valence-electron chi connectivity index (χ4n) is 2.35. The molecule has 0 amide bonds. The Kier molecular flexibility index (Phi) is 3.22. The van der Waals surface area contributed by atoms with E-state index in [0.29, 0.717) is 11.7 Å². The van der Waals surface area contributed by atoms with Gasteiger partial charge in [0, 0.05) is 21.3 Å². The smallest absolute Gasteiger partial charge is 0.248 e. The highest BCUT2D eigenvalue weighted by Gasteiger charge is 2.27. The third-order valence-corrected chi connectivity index (χ3v) is 5.95. The van der Waals surface area contributed by atoms with Gasteiger partial charge in [0.2, 0.25) is 11.7 Å². The number of nitrogens with one attached hydrogen (secondary N) is 1. The van der Waals surface area contributed by atoms with Gasteiger partial charge in [-0.05, 0) is 45.4 Å². The summed E-state index contributed by atoms with van der Waals surface area (Å²) in [7, 11) is 0. The number of fused-ring (bicyclic) bond motifs is 1. The molecule has 1 N–H and O–H groups in total. The molecule has 4 nitrogen and oxygen atoms in total. The average molecular weight is 368 g/mol. The van der Waals surface area contributed by atoms with Crippen molar-refractivity contribution in [2.75, 3.05) is 6.54 Å². The van der Waals surface area contributed by atoms with E-state index in [-0.39, 0.29) is 6.04 Å². The third kappa shape index (κ3) is 2.14. The topological polar surface area (TPSA) is 51.0 Å². The van der Waals surface area contributed by atoms with Crippen molar-refractivity contribution in [2.24, 2.45) is 0 Å². The van der Waals surface area contributed by atoms with Gasteiger partial charge < -0.3 is 9.84 Å². The highest BCUT2D eigenvalue weighted by Crippen LogP contribution is 2.33. The SMILES string of the molecule is Brc1csc(-c2noc(C3NCCc4sccc43)n2)c1. The summed E-state index contributed by atoms with van der Waals surface area (Å²) < 4.78 is 6.51. The summed E-state index contributed by atoms with van der Waals surface area (Å²) in [6.07, 6.45) is 1.07. The minimum Gasteiger partial charge on any atom is -0.337 e. The summed E-state index contributed by atoms with van der Waals surface area (Å²) in [4.78, 5) is 6.97. The molecule has 1 atom stereocenters. The van der Waals surface area contributed by atoms with E-state index in [1.165, 1.54) is 10.4 Å². The maximum absolute atomic E-state index is 5.47. The van der Waals surface area contributed by atoms with Crippen LogP contribution in [0.1, 0.15) is 22.4 Å². The number of rotatable bonds is 2.